The average molecular weight is 933 g/mol. The second-order valence-electron chi connectivity index (χ2n) is 16.6. The molecule has 0 aliphatic rings. The molecule has 0 aromatic rings. The van der Waals surface area contributed by atoms with Crippen molar-refractivity contribution in [2.24, 2.45) is 0 Å². The van der Waals surface area contributed by atoms with Crippen molar-refractivity contribution in [2.75, 3.05) is 19.8 Å². The molecule has 0 saturated heterocycles. The highest BCUT2D eigenvalue weighted by molar-refractivity contribution is 5.70. The third-order valence-corrected chi connectivity index (χ3v) is 10.3. The van der Waals surface area contributed by atoms with E-state index >= 15 is 0 Å². The average Bonchev–Trinajstić information content (AvgIpc) is 3.34. The minimum absolute atomic E-state index is 0.000786. The maximum atomic E-state index is 12.8. The van der Waals surface area contributed by atoms with E-state index < -0.39 is 6.10 Å². The molecule has 0 aliphatic heterocycles. The van der Waals surface area contributed by atoms with Gasteiger partial charge in [-0.15, -0.1) is 0 Å². The number of rotatable bonds is 46. The number of carbonyl (C=O) groups excluding carboxylic acids is 2. The van der Waals surface area contributed by atoms with Gasteiger partial charge in [0.2, 0.25) is 0 Å². The molecule has 0 amide bonds. The summed E-state index contributed by atoms with van der Waals surface area (Å²) >= 11 is 0. The van der Waals surface area contributed by atoms with Crippen LogP contribution in [0.15, 0.2) is 170 Å². The van der Waals surface area contributed by atoms with E-state index in [-0.39, 0.29) is 38.0 Å². The lowest BCUT2D eigenvalue weighted by Crippen LogP contribution is -2.30. The van der Waals surface area contributed by atoms with E-state index in [0.29, 0.717) is 19.4 Å². The van der Waals surface area contributed by atoms with Gasteiger partial charge in [-0.05, 0) is 122 Å². The largest absolute Gasteiger partial charge is 0.462 e. The molecule has 5 nitrogen and oxygen atoms in total. The lowest BCUT2D eigenvalue weighted by atomic mass is 10.1. The minimum atomic E-state index is -0.625. The monoisotopic (exact) mass is 933 g/mol. The Balaban J connectivity index is 4.50. The molecule has 68 heavy (non-hydrogen) atoms. The van der Waals surface area contributed by atoms with Gasteiger partial charge in [-0.2, -0.15) is 0 Å². The van der Waals surface area contributed by atoms with E-state index in [0.717, 1.165) is 109 Å². The Labute approximate surface area is 417 Å². The van der Waals surface area contributed by atoms with Crippen molar-refractivity contribution in [3.8, 4) is 0 Å². The molecule has 378 valence electrons. The first kappa shape index (κ1) is 63.3. The van der Waals surface area contributed by atoms with Crippen molar-refractivity contribution in [1.29, 1.82) is 0 Å². The summed E-state index contributed by atoms with van der Waals surface area (Å²) in [6, 6.07) is 0. The zero-order valence-corrected chi connectivity index (χ0v) is 43.3. The summed E-state index contributed by atoms with van der Waals surface area (Å²) < 4.78 is 17.3. The maximum absolute atomic E-state index is 12.8. The predicted molar refractivity (Wildman–Crippen MR) is 297 cm³/mol. The summed E-state index contributed by atoms with van der Waals surface area (Å²) in [7, 11) is 0. The molecule has 0 aliphatic carbocycles. The predicted octanol–water partition coefficient (Wildman–Crippen LogP) is 18.4. The number of hydrogen-bond donors (Lipinski definition) is 0. The molecule has 0 saturated carbocycles. The van der Waals surface area contributed by atoms with Crippen molar-refractivity contribution in [3.05, 3.63) is 170 Å². The summed E-state index contributed by atoms with van der Waals surface area (Å²) in [6.07, 6.45) is 85.4. The first-order valence-electron chi connectivity index (χ1n) is 26.7. The van der Waals surface area contributed by atoms with Crippen LogP contribution in [-0.4, -0.2) is 37.9 Å². The molecule has 1 unspecified atom stereocenters. The SMILES string of the molecule is CC/C=C\C/C=C\C/C=C\C/C=C\C/C=C\C/C=C\CCC(=O)OCC(COCCCCCCCCC/C=C\C/C=C\C/C=C\C/C=C\CC)OC(=O)CC/C=C\C/C=C\C/C=C\C/C=C\CC. The van der Waals surface area contributed by atoms with Gasteiger partial charge in [0.1, 0.15) is 6.61 Å². The van der Waals surface area contributed by atoms with Gasteiger partial charge in [-0.1, -0.05) is 223 Å². The quantitative estimate of drug-likeness (QED) is 0.0346. The molecular formula is C63H96O5. The van der Waals surface area contributed by atoms with Crippen LogP contribution in [0.2, 0.25) is 0 Å². The molecule has 0 aromatic heterocycles. The van der Waals surface area contributed by atoms with Gasteiger partial charge in [-0.3, -0.25) is 9.59 Å². The normalized spacial score (nSPS) is 13.6. The van der Waals surface area contributed by atoms with Crippen LogP contribution < -0.4 is 0 Å². The van der Waals surface area contributed by atoms with Gasteiger partial charge in [0.25, 0.3) is 0 Å². The highest BCUT2D eigenvalue weighted by atomic mass is 16.6. The summed E-state index contributed by atoms with van der Waals surface area (Å²) in [6.45, 7) is 7.27. The first-order valence-corrected chi connectivity index (χ1v) is 26.7. The number of hydrogen-bond acceptors (Lipinski definition) is 5. The Kier molecular flexibility index (Phi) is 52.6. The topological polar surface area (TPSA) is 61.8 Å². The van der Waals surface area contributed by atoms with Crippen molar-refractivity contribution in [2.45, 2.75) is 194 Å². The number of esters is 2. The molecule has 0 aromatic carbocycles. The second kappa shape index (κ2) is 56.6. The van der Waals surface area contributed by atoms with E-state index in [9.17, 15) is 9.59 Å². The Morgan fingerprint density at radius 1 is 0.324 bits per heavy atom. The van der Waals surface area contributed by atoms with Crippen molar-refractivity contribution in [1.82, 2.24) is 0 Å². The van der Waals surface area contributed by atoms with Crippen molar-refractivity contribution in [3.63, 3.8) is 0 Å². The highest BCUT2D eigenvalue weighted by Gasteiger charge is 2.17. The fourth-order valence-corrected chi connectivity index (χ4v) is 6.42. The molecular weight excluding hydrogens is 837 g/mol. The number of ether oxygens (including phenoxy) is 3. The summed E-state index contributed by atoms with van der Waals surface area (Å²) in [5.41, 5.74) is 0. The summed E-state index contributed by atoms with van der Waals surface area (Å²) in [5, 5.41) is 0. The van der Waals surface area contributed by atoms with Crippen LogP contribution in [0.25, 0.3) is 0 Å². The fourth-order valence-electron chi connectivity index (χ4n) is 6.42. The molecule has 0 N–H and O–H groups in total. The number of unbranched alkanes of at least 4 members (excludes halogenated alkanes) is 7. The van der Waals surface area contributed by atoms with E-state index in [1.54, 1.807) is 0 Å². The van der Waals surface area contributed by atoms with E-state index in [4.69, 9.17) is 14.2 Å². The Morgan fingerprint density at radius 3 is 0.985 bits per heavy atom. The third-order valence-electron chi connectivity index (χ3n) is 10.3. The van der Waals surface area contributed by atoms with Gasteiger partial charge in [-0.25, -0.2) is 0 Å². The van der Waals surface area contributed by atoms with Gasteiger partial charge < -0.3 is 14.2 Å². The smallest absolute Gasteiger partial charge is 0.306 e. The molecule has 0 spiro atoms. The summed E-state index contributed by atoms with van der Waals surface area (Å²) in [5.74, 6) is -0.610. The van der Waals surface area contributed by atoms with Crippen LogP contribution in [0.5, 0.6) is 0 Å². The lowest BCUT2D eigenvalue weighted by molar-refractivity contribution is -0.162. The standard InChI is InChI=1S/C63H96O5/c1-4-7-10-13-16-19-22-25-27-29-31-33-35-37-40-43-46-49-52-55-58-66-59-61(68-63(65)57-54-51-48-45-42-38-24-21-18-15-12-9-6-3)60-67-62(64)56-53-50-47-44-41-39-36-34-32-30-28-26-23-20-17-14-11-8-5-2/h7-12,16-21,25-28,31-34,38-39,41-42,47-48,50-51,61H,4-6,13-15,22-24,29-30,35-37,40,43-46,49,52-60H2,1-3H3/b10-7-,11-8-,12-9-,19-16-,20-17-,21-18-,27-25-,28-26-,33-31-,34-32-,41-39-,42-38-,50-47-,51-48-. The molecule has 0 fully saturated rings. The molecule has 0 bridgehead atoms. The van der Waals surface area contributed by atoms with Crippen LogP contribution in [0.4, 0.5) is 0 Å². The minimum Gasteiger partial charge on any atom is -0.462 e. The van der Waals surface area contributed by atoms with E-state index in [1.807, 2.05) is 12.2 Å². The maximum Gasteiger partial charge on any atom is 0.306 e. The Morgan fingerprint density at radius 2 is 0.618 bits per heavy atom. The molecule has 1 atom stereocenters. The van der Waals surface area contributed by atoms with Gasteiger partial charge in [0.15, 0.2) is 6.10 Å². The number of carbonyl (C=O) groups is 2. The van der Waals surface area contributed by atoms with Crippen LogP contribution in [0.1, 0.15) is 188 Å². The van der Waals surface area contributed by atoms with Crippen LogP contribution in [0.3, 0.4) is 0 Å². The number of allylic oxidation sites excluding steroid dienone is 28. The summed E-state index contributed by atoms with van der Waals surface area (Å²) in [4.78, 5) is 25.4. The van der Waals surface area contributed by atoms with Crippen LogP contribution in [-0.2, 0) is 23.8 Å². The fraction of sp³-hybridized carbons (Fsp3) is 0.524. The molecule has 5 heteroatoms. The molecule has 0 rings (SSSR count). The van der Waals surface area contributed by atoms with Crippen molar-refractivity contribution < 1.29 is 23.8 Å². The van der Waals surface area contributed by atoms with Gasteiger partial charge in [0.05, 0.1) is 6.61 Å². The van der Waals surface area contributed by atoms with Crippen molar-refractivity contribution >= 4 is 11.9 Å². The second-order valence-corrected chi connectivity index (χ2v) is 16.6. The van der Waals surface area contributed by atoms with Gasteiger partial charge >= 0.3 is 11.9 Å². The molecule has 0 radical (unpaired) electrons. The molecule has 0 heterocycles. The zero-order chi connectivity index (χ0) is 49.2. The lowest BCUT2D eigenvalue weighted by Gasteiger charge is -2.18. The first-order chi connectivity index (χ1) is 33.6. The van der Waals surface area contributed by atoms with E-state index in [1.165, 1.54) is 32.1 Å². The van der Waals surface area contributed by atoms with Crippen LogP contribution >= 0.6 is 0 Å². The Hall–Kier alpha value is -4.74. The third kappa shape index (κ3) is 53.9. The highest BCUT2D eigenvalue weighted by Crippen LogP contribution is 2.11. The van der Waals surface area contributed by atoms with Gasteiger partial charge in [0, 0.05) is 19.4 Å². The van der Waals surface area contributed by atoms with Crippen LogP contribution in [0, 0.1) is 0 Å². The van der Waals surface area contributed by atoms with E-state index in [2.05, 4.69) is 179 Å². The Bertz CT molecular complexity index is 1570. The zero-order valence-electron chi connectivity index (χ0n) is 43.3.